The van der Waals surface area contributed by atoms with Gasteiger partial charge in [0.1, 0.15) is 11.6 Å². The van der Waals surface area contributed by atoms with E-state index in [2.05, 4.69) is 5.32 Å². The van der Waals surface area contributed by atoms with Crippen molar-refractivity contribution in [3.63, 3.8) is 0 Å². The van der Waals surface area contributed by atoms with Crippen molar-refractivity contribution >= 4 is 0 Å². The summed E-state index contributed by atoms with van der Waals surface area (Å²) in [6.07, 6.45) is 0. The monoisotopic (exact) mass is 277 g/mol. The number of hydrogen-bond acceptors (Lipinski definition) is 3. The van der Waals surface area contributed by atoms with E-state index in [1.807, 2.05) is 18.2 Å². The Morgan fingerprint density at radius 1 is 1.00 bits per heavy atom. The average Bonchev–Trinajstić information content (AvgIpc) is 2.86. The van der Waals surface area contributed by atoms with Crippen molar-refractivity contribution in [2.45, 2.75) is 13.1 Å². The Balaban J connectivity index is 1.64. The summed E-state index contributed by atoms with van der Waals surface area (Å²) in [6.45, 7) is 1.13. The van der Waals surface area contributed by atoms with Gasteiger partial charge in [-0.1, -0.05) is 12.1 Å². The number of nitrogens with one attached hydrogen (secondary N) is 1. The van der Waals surface area contributed by atoms with Gasteiger partial charge >= 0.3 is 0 Å². The first-order valence-corrected chi connectivity index (χ1v) is 6.25. The van der Waals surface area contributed by atoms with Gasteiger partial charge in [0.2, 0.25) is 6.79 Å². The topological polar surface area (TPSA) is 30.5 Å². The van der Waals surface area contributed by atoms with Crippen molar-refractivity contribution in [3.05, 3.63) is 59.2 Å². The zero-order valence-electron chi connectivity index (χ0n) is 10.7. The molecule has 1 aliphatic rings. The van der Waals surface area contributed by atoms with Crippen LogP contribution in [0.4, 0.5) is 8.78 Å². The fourth-order valence-corrected chi connectivity index (χ4v) is 2.18. The molecule has 0 unspecified atom stereocenters. The second-order valence-electron chi connectivity index (χ2n) is 4.53. The first-order valence-electron chi connectivity index (χ1n) is 6.25. The molecule has 0 bridgehead atoms. The lowest BCUT2D eigenvalue weighted by Crippen LogP contribution is -2.13. The molecule has 0 aliphatic carbocycles. The molecule has 1 N–H and O–H groups in total. The van der Waals surface area contributed by atoms with Crippen LogP contribution < -0.4 is 14.8 Å². The van der Waals surface area contributed by atoms with Gasteiger partial charge in [0, 0.05) is 24.7 Å². The molecule has 20 heavy (non-hydrogen) atoms. The molecule has 0 spiro atoms. The lowest BCUT2D eigenvalue weighted by atomic mass is 10.1. The largest absolute Gasteiger partial charge is 0.454 e. The Labute approximate surface area is 115 Å². The molecule has 2 aromatic rings. The van der Waals surface area contributed by atoms with Gasteiger partial charge in [-0.15, -0.1) is 0 Å². The fraction of sp³-hybridized carbons (Fsp3) is 0.200. The van der Waals surface area contributed by atoms with E-state index in [0.717, 1.165) is 23.1 Å². The van der Waals surface area contributed by atoms with Gasteiger partial charge in [-0.25, -0.2) is 8.78 Å². The van der Waals surface area contributed by atoms with Crippen molar-refractivity contribution in [2.24, 2.45) is 0 Å². The third-order valence-electron chi connectivity index (χ3n) is 3.05. The summed E-state index contributed by atoms with van der Waals surface area (Å²) in [5, 5.41) is 3.13. The van der Waals surface area contributed by atoms with Gasteiger partial charge < -0.3 is 14.8 Å². The highest BCUT2D eigenvalue weighted by Crippen LogP contribution is 2.35. The second kappa shape index (κ2) is 5.46. The summed E-state index contributed by atoms with van der Waals surface area (Å²) in [6, 6.07) is 9.13. The van der Waals surface area contributed by atoms with E-state index >= 15 is 0 Å². The van der Waals surface area contributed by atoms with Crippen LogP contribution in [0.2, 0.25) is 0 Å². The molecule has 0 atom stereocenters. The highest BCUT2D eigenvalue weighted by molar-refractivity contribution is 5.48. The van der Waals surface area contributed by atoms with Crippen molar-refractivity contribution in [3.8, 4) is 11.5 Å². The summed E-state index contributed by atoms with van der Waals surface area (Å²) < 4.78 is 36.8. The number of fused-ring (bicyclic) bond motifs is 1. The molecule has 0 aromatic heterocycles. The molecule has 0 saturated carbocycles. The second-order valence-corrected chi connectivity index (χ2v) is 4.53. The molecule has 1 aliphatic heterocycles. The molecule has 2 aromatic carbocycles. The molecule has 3 nitrogen and oxygen atoms in total. The number of para-hydroxylation sites is 1. The van der Waals surface area contributed by atoms with Crippen molar-refractivity contribution in [2.75, 3.05) is 6.79 Å². The Morgan fingerprint density at radius 3 is 2.60 bits per heavy atom. The van der Waals surface area contributed by atoms with Crippen LogP contribution >= 0.6 is 0 Å². The molecule has 5 heteroatoms. The number of ether oxygens (including phenoxy) is 2. The number of hydrogen-bond donors (Lipinski definition) is 1. The molecule has 3 rings (SSSR count). The van der Waals surface area contributed by atoms with E-state index in [4.69, 9.17) is 9.47 Å². The van der Waals surface area contributed by atoms with Crippen molar-refractivity contribution in [1.82, 2.24) is 5.32 Å². The fourth-order valence-electron chi connectivity index (χ4n) is 2.18. The molecule has 104 valence electrons. The van der Waals surface area contributed by atoms with Gasteiger partial charge in [-0.2, -0.15) is 0 Å². The predicted molar refractivity (Wildman–Crippen MR) is 69.5 cm³/mol. The Hall–Kier alpha value is -2.14. The van der Waals surface area contributed by atoms with Gasteiger partial charge in [-0.05, 0) is 23.8 Å². The summed E-state index contributed by atoms with van der Waals surface area (Å²) in [7, 11) is 0. The van der Waals surface area contributed by atoms with E-state index in [9.17, 15) is 8.78 Å². The van der Waals surface area contributed by atoms with Crippen molar-refractivity contribution in [1.29, 1.82) is 0 Å². The molecular weight excluding hydrogens is 264 g/mol. The molecule has 0 saturated heterocycles. The van der Waals surface area contributed by atoms with Gasteiger partial charge in [0.25, 0.3) is 0 Å². The summed E-state index contributed by atoms with van der Waals surface area (Å²) in [5.41, 5.74) is 1.52. The molecule has 1 heterocycles. The van der Waals surface area contributed by atoms with Crippen LogP contribution in [0.5, 0.6) is 11.5 Å². The predicted octanol–water partition coefficient (Wildman–Crippen LogP) is 2.98. The zero-order valence-corrected chi connectivity index (χ0v) is 10.7. The lowest BCUT2D eigenvalue weighted by molar-refractivity contribution is 0.173. The number of rotatable bonds is 4. The van der Waals surface area contributed by atoms with Crippen LogP contribution in [-0.2, 0) is 13.1 Å². The van der Waals surface area contributed by atoms with Crippen molar-refractivity contribution < 1.29 is 18.3 Å². The Bertz CT molecular complexity index is 611. The molecule has 0 amide bonds. The SMILES string of the molecule is Fc1cc(F)cc(CNCc2cccc3c2OCO3)c1. The minimum absolute atomic E-state index is 0.224. The minimum atomic E-state index is -0.570. The number of halogens is 2. The lowest BCUT2D eigenvalue weighted by Gasteiger charge is -2.08. The highest BCUT2D eigenvalue weighted by atomic mass is 19.1. The minimum Gasteiger partial charge on any atom is -0.454 e. The number of benzene rings is 2. The highest BCUT2D eigenvalue weighted by Gasteiger charge is 2.16. The third kappa shape index (κ3) is 2.72. The van der Waals surface area contributed by atoms with Crippen LogP contribution in [0.25, 0.3) is 0 Å². The first kappa shape index (κ1) is 12.9. The van der Waals surface area contributed by atoms with Gasteiger partial charge in [0.15, 0.2) is 11.5 Å². The van der Waals surface area contributed by atoms with E-state index in [1.54, 1.807) is 0 Å². The normalized spacial score (nSPS) is 12.7. The molecular formula is C15H13F2NO2. The standard InChI is InChI=1S/C15H13F2NO2/c16-12-4-10(5-13(17)6-12)7-18-8-11-2-1-3-14-15(11)20-9-19-14/h1-6,18H,7-9H2. The summed E-state index contributed by atoms with van der Waals surface area (Å²) in [5.74, 6) is 0.310. The van der Waals surface area contributed by atoms with Crippen LogP contribution in [0, 0.1) is 11.6 Å². The van der Waals surface area contributed by atoms with Crippen LogP contribution in [0.3, 0.4) is 0 Å². The quantitative estimate of drug-likeness (QED) is 0.932. The molecule has 0 radical (unpaired) electrons. The maximum atomic E-state index is 13.1. The maximum absolute atomic E-state index is 13.1. The van der Waals surface area contributed by atoms with Crippen LogP contribution in [0.1, 0.15) is 11.1 Å². The van der Waals surface area contributed by atoms with Gasteiger partial charge in [0.05, 0.1) is 0 Å². The maximum Gasteiger partial charge on any atom is 0.231 e. The third-order valence-corrected chi connectivity index (χ3v) is 3.05. The Morgan fingerprint density at radius 2 is 1.80 bits per heavy atom. The average molecular weight is 277 g/mol. The zero-order chi connectivity index (χ0) is 13.9. The van der Waals surface area contributed by atoms with Gasteiger partial charge in [-0.3, -0.25) is 0 Å². The summed E-state index contributed by atoms with van der Waals surface area (Å²) in [4.78, 5) is 0. The van der Waals surface area contributed by atoms with Crippen LogP contribution in [-0.4, -0.2) is 6.79 Å². The first-order chi connectivity index (χ1) is 9.72. The smallest absolute Gasteiger partial charge is 0.231 e. The van der Waals surface area contributed by atoms with E-state index < -0.39 is 11.6 Å². The molecule has 0 fully saturated rings. The van der Waals surface area contributed by atoms with E-state index in [0.29, 0.717) is 18.7 Å². The van der Waals surface area contributed by atoms with E-state index in [1.165, 1.54) is 12.1 Å². The van der Waals surface area contributed by atoms with Crippen LogP contribution in [0.15, 0.2) is 36.4 Å². The summed E-state index contributed by atoms with van der Waals surface area (Å²) >= 11 is 0. The Kier molecular flexibility index (Phi) is 3.52. The van der Waals surface area contributed by atoms with E-state index in [-0.39, 0.29) is 6.79 Å².